The molecule has 4 aromatic rings. The number of thiophene rings is 1. The van der Waals surface area contributed by atoms with Crippen LogP contribution in [0.15, 0.2) is 59.6 Å². The van der Waals surface area contributed by atoms with E-state index in [2.05, 4.69) is 4.99 Å². The first-order valence-electron chi connectivity index (χ1n) is 19.4. The van der Waals surface area contributed by atoms with E-state index in [9.17, 15) is 19.2 Å². The quantitative estimate of drug-likeness (QED) is 0.0915. The summed E-state index contributed by atoms with van der Waals surface area (Å²) in [5, 5.41) is 0.619. The van der Waals surface area contributed by atoms with Gasteiger partial charge in [0.25, 0.3) is 0 Å². The number of benzene rings is 3. The lowest BCUT2D eigenvalue weighted by Gasteiger charge is -2.16. The van der Waals surface area contributed by atoms with Crippen molar-refractivity contribution in [2.24, 2.45) is 4.99 Å². The van der Waals surface area contributed by atoms with Gasteiger partial charge in [-0.1, -0.05) is 52.9 Å². The molecule has 55 heavy (non-hydrogen) atoms. The monoisotopic (exact) mass is 789 g/mol. The first kappa shape index (κ1) is 43.2. The van der Waals surface area contributed by atoms with E-state index in [1.807, 2.05) is 45.0 Å². The molecule has 6 rings (SSSR count). The Morgan fingerprint density at radius 1 is 0.727 bits per heavy atom. The fourth-order valence-electron chi connectivity index (χ4n) is 6.26. The Hall–Kier alpha value is -4.54. The predicted octanol–water partition coefficient (Wildman–Crippen LogP) is 11.5. The molecule has 11 heteroatoms. The first-order valence-corrected chi connectivity index (χ1v) is 20.2. The average Bonchev–Trinajstić information content (AvgIpc) is 3.55. The highest BCUT2D eigenvalue weighted by atomic mass is 35.5. The summed E-state index contributed by atoms with van der Waals surface area (Å²) in [6, 6.07) is 16.1. The first-order chi connectivity index (χ1) is 26.3. The summed E-state index contributed by atoms with van der Waals surface area (Å²) in [6.45, 7) is 7.03. The Labute approximate surface area is 334 Å². The lowest BCUT2D eigenvalue weighted by atomic mass is 9.91. The van der Waals surface area contributed by atoms with Crippen molar-refractivity contribution >= 4 is 63.7 Å². The SMILES string of the molecule is CCCCC(=O)Oc1ccc(-c2sc3cc(OC(=O)CCCC)cc(OC(=O)CCCC)c3c2-c2cc3ccc2C(=O)CCCCCCN=CCO3)cc1.Cl. The Balaban J connectivity index is 0.00000673. The standard InChI is InChI=1S/C44H51NO8S.ClH/c1-4-7-15-39(47)51-31-20-18-30(19-21-31)44-42(35-27-32-22-23-34(35)36(46)14-12-10-11-13-24-45-25-26-50-32)43-37(53-41(49)17-9-6-3)28-33(29-38(43)54-44)52-40(48)16-8-5-2;/h18-23,25,27-29H,4-17,24,26H2,1-3H3;1H. The van der Waals surface area contributed by atoms with Crippen LogP contribution in [0.3, 0.4) is 0 Å². The number of carbonyl (C=O) groups excluding carboxylic acids is 4. The highest BCUT2D eigenvalue weighted by Gasteiger charge is 2.26. The van der Waals surface area contributed by atoms with Crippen LogP contribution in [0, 0.1) is 0 Å². The third-order valence-electron chi connectivity index (χ3n) is 9.19. The fourth-order valence-corrected chi connectivity index (χ4v) is 7.53. The van der Waals surface area contributed by atoms with Gasteiger partial charge in [-0.3, -0.25) is 24.2 Å². The third-order valence-corrected chi connectivity index (χ3v) is 10.4. The molecular weight excluding hydrogens is 738 g/mol. The van der Waals surface area contributed by atoms with Crippen molar-refractivity contribution in [2.45, 2.75) is 111 Å². The number of ether oxygens (including phenoxy) is 4. The smallest absolute Gasteiger partial charge is 0.311 e. The molecule has 1 aromatic heterocycles. The fraction of sp³-hybridized carbons (Fsp3) is 0.432. The van der Waals surface area contributed by atoms with Crippen molar-refractivity contribution < 1.29 is 38.1 Å². The largest absolute Gasteiger partial charge is 0.488 e. The molecule has 9 nitrogen and oxygen atoms in total. The van der Waals surface area contributed by atoms with Gasteiger partial charge in [-0.2, -0.15) is 0 Å². The molecular formula is C44H52ClNO8S. The molecule has 0 N–H and O–H groups in total. The number of Topliss-reactive ketones (excluding diaryl/α,β-unsaturated/α-hetero) is 1. The van der Waals surface area contributed by atoms with Crippen LogP contribution in [0.4, 0.5) is 0 Å². The number of hydrogen-bond donors (Lipinski definition) is 0. The maximum Gasteiger partial charge on any atom is 0.311 e. The number of carbonyl (C=O) groups is 4. The van der Waals surface area contributed by atoms with Crippen molar-refractivity contribution in [3.05, 3.63) is 60.2 Å². The summed E-state index contributed by atoms with van der Waals surface area (Å²) >= 11 is 1.43. The van der Waals surface area contributed by atoms with Crippen molar-refractivity contribution in [3.63, 3.8) is 0 Å². The Morgan fingerprint density at radius 3 is 2.04 bits per heavy atom. The number of fused-ring (bicyclic) bond motifs is 12. The van der Waals surface area contributed by atoms with Crippen molar-refractivity contribution in [2.75, 3.05) is 13.2 Å². The van der Waals surface area contributed by atoms with E-state index in [0.717, 1.165) is 68.4 Å². The molecule has 0 saturated heterocycles. The van der Waals surface area contributed by atoms with Gasteiger partial charge < -0.3 is 18.9 Å². The summed E-state index contributed by atoms with van der Waals surface area (Å²) in [6.07, 6.45) is 11.2. The normalized spacial score (nSPS) is 13.3. The van der Waals surface area contributed by atoms with Crippen LogP contribution in [0.5, 0.6) is 23.0 Å². The zero-order valence-corrected chi connectivity index (χ0v) is 33.7. The summed E-state index contributed by atoms with van der Waals surface area (Å²) in [5.74, 6) is 0.449. The second-order valence-corrected chi connectivity index (χ2v) is 14.6. The highest BCUT2D eigenvalue weighted by molar-refractivity contribution is 7.23. The lowest BCUT2D eigenvalue weighted by Crippen LogP contribution is -2.10. The van der Waals surface area contributed by atoms with E-state index >= 15 is 0 Å². The minimum atomic E-state index is -0.404. The number of rotatable bonds is 14. The molecule has 0 fully saturated rings. The van der Waals surface area contributed by atoms with Crippen LogP contribution in [0.2, 0.25) is 0 Å². The zero-order chi connectivity index (χ0) is 38.3. The second kappa shape index (κ2) is 22.1. The van der Waals surface area contributed by atoms with E-state index in [-0.39, 0.29) is 61.1 Å². The zero-order valence-electron chi connectivity index (χ0n) is 32.1. The van der Waals surface area contributed by atoms with Crippen molar-refractivity contribution in [1.82, 2.24) is 0 Å². The van der Waals surface area contributed by atoms with Gasteiger partial charge in [0.15, 0.2) is 5.78 Å². The van der Waals surface area contributed by atoms with E-state index < -0.39 is 5.97 Å². The van der Waals surface area contributed by atoms with Gasteiger partial charge in [-0.05, 0) is 91.8 Å². The molecule has 3 heterocycles. The number of hydrogen-bond acceptors (Lipinski definition) is 10. The Bertz CT molecular complexity index is 1950. The minimum absolute atomic E-state index is 0. The lowest BCUT2D eigenvalue weighted by molar-refractivity contribution is -0.135. The molecule has 0 spiro atoms. The predicted molar refractivity (Wildman–Crippen MR) is 222 cm³/mol. The van der Waals surface area contributed by atoms with Crippen molar-refractivity contribution in [1.29, 1.82) is 0 Å². The van der Waals surface area contributed by atoms with E-state index in [4.69, 9.17) is 18.9 Å². The molecule has 3 aromatic carbocycles. The van der Waals surface area contributed by atoms with Crippen LogP contribution in [0.25, 0.3) is 31.7 Å². The van der Waals surface area contributed by atoms with E-state index in [1.54, 1.807) is 36.5 Å². The van der Waals surface area contributed by atoms with Crippen LogP contribution >= 0.6 is 23.7 Å². The average molecular weight is 790 g/mol. The van der Waals surface area contributed by atoms with Gasteiger partial charge in [-0.25, -0.2) is 0 Å². The summed E-state index contributed by atoms with van der Waals surface area (Å²) in [4.78, 5) is 57.9. The molecule has 294 valence electrons. The van der Waals surface area contributed by atoms with Crippen LogP contribution in [0.1, 0.15) is 121 Å². The number of aliphatic imine (C=N–C) groups is 1. The minimum Gasteiger partial charge on any atom is -0.488 e. The van der Waals surface area contributed by atoms with E-state index in [1.165, 1.54) is 11.3 Å². The molecule has 2 aliphatic heterocycles. The topological polar surface area (TPSA) is 118 Å². The van der Waals surface area contributed by atoms with Gasteiger partial charge in [0.1, 0.15) is 29.6 Å². The van der Waals surface area contributed by atoms with Crippen molar-refractivity contribution in [3.8, 4) is 44.6 Å². The summed E-state index contributed by atoms with van der Waals surface area (Å²) in [7, 11) is 0. The molecule has 0 saturated carbocycles. The van der Waals surface area contributed by atoms with Crippen LogP contribution < -0.4 is 18.9 Å². The van der Waals surface area contributed by atoms with Gasteiger partial charge in [0.05, 0.1) is 0 Å². The number of esters is 3. The van der Waals surface area contributed by atoms with E-state index in [0.29, 0.717) is 64.0 Å². The maximum absolute atomic E-state index is 14.1. The van der Waals surface area contributed by atoms with Gasteiger partial charge in [0, 0.05) is 70.6 Å². The number of nitrogens with zero attached hydrogens (tertiary/aromatic N) is 1. The number of halogens is 1. The third kappa shape index (κ3) is 12.2. The van der Waals surface area contributed by atoms with Gasteiger partial charge in [0.2, 0.25) is 0 Å². The van der Waals surface area contributed by atoms with Crippen LogP contribution in [-0.2, 0) is 14.4 Å². The Kier molecular flexibility index (Phi) is 17.4. The molecule has 2 aliphatic rings. The van der Waals surface area contributed by atoms with Crippen LogP contribution in [-0.4, -0.2) is 43.1 Å². The molecule has 0 unspecified atom stereocenters. The molecule has 0 radical (unpaired) electrons. The Morgan fingerprint density at radius 2 is 1.36 bits per heavy atom. The number of ketones is 1. The molecule has 0 aliphatic carbocycles. The van der Waals surface area contributed by atoms with Gasteiger partial charge in [-0.15, -0.1) is 23.7 Å². The summed E-state index contributed by atoms with van der Waals surface area (Å²) in [5.41, 5.74) is 2.66. The molecule has 2 bridgehead atoms. The second-order valence-electron chi connectivity index (χ2n) is 13.6. The summed E-state index contributed by atoms with van der Waals surface area (Å²) < 4.78 is 24.4. The number of unbranched alkanes of at least 4 members (excludes halogenated alkanes) is 3. The molecule has 0 atom stereocenters. The molecule has 0 amide bonds. The maximum atomic E-state index is 14.1. The highest BCUT2D eigenvalue weighted by Crippen LogP contribution is 2.51. The van der Waals surface area contributed by atoms with Gasteiger partial charge >= 0.3 is 17.9 Å².